The minimum atomic E-state index is -0.836. The van der Waals surface area contributed by atoms with Gasteiger partial charge in [0.15, 0.2) is 17.9 Å². The molecule has 0 radical (unpaired) electrons. The molecule has 1 aromatic carbocycles. The molecular weight excluding hydrogens is 390 g/mol. The predicted molar refractivity (Wildman–Crippen MR) is 104 cm³/mol. The Labute approximate surface area is 175 Å². The number of hydrogen-bond donors (Lipinski definition) is 0. The van der Waals surface area contributed by atoms with Crippen LogP contribution in [0.5, 0.6) is 0 Å². The molecule has 30 heavy (non-hydrogen) atoms. The fraction of sp³-hybridized carbons (Fsp3) is 0.545. The topological polar surface area (TPSA) is 96.2 Å². The lowest BCUT2D eigenvalue weighted by molar-refractivity contribution is -0.242. The highest BCUT2D eigenvalue weighted by Gasteiger charge is 2.60. The summed E-state index contributed by atoms with van der Waals surface area (Å²) in [6, 6.07) is 11.0. The summed E-state index contributed by atoms with van der Waals surface area (Å²) in [5.41, 5.74) is 0.632. The van der Waals surface area contributed by atoms with Gasteiger partial charge < -0.3 is 28.4 Å². The van der Waals surface area contributed by atoms with Crippen molar-refractivity contribution < 1.29 is 33.2 Å². The van der Waals surface area contributed by atoms with Crippen LogP contribution in [0.15, 0.2) is 35.9 Å². The fourth-order valence-corrected chi connectivity index (χ4v) is 3.92. The van der Waals surface area contributed by atoms with E-state index in [0.717, 1.165) is 5.56 Å². The van der Waals surface area contributed by atoms with Crippen LogP contribution in [0.2, 0.25) is 0 Å². The highest BCUT2D eigenvalue weighted by atomic mass is 16.9. The Bertz CT molecular complexity index is 873. The lowest BCUT2D eigenvalue weighted by Gasteiger charge is -2.36. The molecule has 3 saturated heterocycles. The summed E-state index contributed by atoms with van der Waals surface area (Å²) in [4.78, 5) is 12.5. The maximum atomic E-state index is 12.5. The number of rotatable bonds is 4. The lowest BCUT2D eigenvalue weighted by atomic mass is 9.99. The Morgan fingerprint density at radius 2 is 1.67 bits per heavy atom. The molecule has 0 N–H and O–H groups in total. The average molecular weight is 415 g/mol. The van der Waals surface area contributed by atoms with Crippen LogP contribution in [-0.2, 0) is 33.2 Å². The van der Waals surface area contributed by atoms with Gasteiger partial charge in [0.05, 0.1) is 0 Å². The van der Waals surface area contributed by atoms with Gasteiger partial charge in [-0.3, -0.25) is 0 Å². The van der Waals surface area contributed by atoms with Crippen LogP contribution >= 0.6 is 0 Å². The van der Waals surface area contributed by atoms with Crippen LogP contribution in [0.1, 0.15) is 33.3 Å². The Kier molecular flexibility index (Phi) is 5.43. The van der Waals surface area contributed by atoms with Crippen LogP contribution in [0.25, 0.3) is 6.08 Å². The van der Waals surface area contributed by atoms with E-state index < -0.39 is 48.2 Å². The van der Waals surface area contributed by atoms with Gasteiger partial charge in [0.2, 0.25) is 0 Å². The van der Waals surface area contributed by atoms with Crippen molar-refractivity contribution in [2.75, 3.05) is 6.61 Å². The number of esters is 1. The smallest absolute Gasteiger partial charge is 0.348 e. The summed E-state index contributed by atoms with van der Waals surface area (Å²) in [6.45, 7) is 7.10. The van der Waals surface area contributed by atoms with E-state index in [2.05, 4.69) is 0 Å². The van der Waals surface area contributed by atoms with Crippen molar-refractivity contribution in [2.24, 2.45) is 0 Å². The summed E-state index contributed by atoms with van der Waals surface area (Å²) >= 11 is 0. The maximum absolute atomic E-state index is 12.5. The Hall–Kier alpha value is -2.28. The van der Waals surface area contributed by atoms with Gasteiger partial charge in [0.1, 0.15) is 42.7 Å². The van der Waals surface area contributed by atoms with Crippen molar-refractivity contribution in [3.63, 3.8) is 0 Å². The fourth-order valence-electron chi connectivity index (χ4n) is 3.92. The average Bonchev–Trinajstić information content (AvgIpc) is 3.18. The first kappa shape index (κ1) is 21.0. The first-order valence-electron chi connectivity index (χ1n) is 9.88. The molecule has 0 bridgehead atoms. The number of hydrogen-bond acceptors (Lipinski definition) is 8. The van der Waals surface area contributed by atoms with Gasteiger partial charge in [-0.15, -0.1) is 0 Å². The molecule has 0 saturated carbocycles. The Morgan fingerprint density at radius 3 is 2.37 bits per heavy atom. The lowest BCUT2D eigenvalue weighted by Crippen LogP contribution is -2.56. The molecule has 3 aliphatic rings. The summed E-state index contributed by atoms with van der Waals surface area (Å²) in [6.07, 6.45) is -1.20. The van der Waals surface area contributed by atoms with Gasteiger partial charge in [0, 0.05) is 0 Å². The minimum Gasteiger partial charge on any atom is -0.459 e. The van der Waals surface area contributed by atoms with Gasteiger partial charge in [0.25, 0.3) is 0 Å². The minimum absolute atomic E-state index is 0.100. The summed E-state index contributed by atoms with van der Waals surface area (Å²) in [7, 11) is 0. The quantitative estimate of drug-likeness (QED) is 0.421. The van der Waals surface area contributed by atoms with Crippen molar-refractivity contribution >= 4 is 12.0 Å². The van der Waals surface area contributed by atoms with Crippen LogP contribution < -0.4 is 0 Å². The van der Waals surface area contributed by atoms with E-state index in [9.17, 15) is 10.1 Å². The number of nitrogens with zero attached hydrogens (tertiary/aromatic N) is 1. The second-order valence-corrected chi connectivity index (χ2v) is 8.39. The van der Waals surface area contributed by atoms with E-state index >= 15 is 0 Å². The molecule has 8 nitrogen and oxygen atoms in total. The van der Waals surface area contributed by atoms with Gasteiger partial charge in [-0.05, 0) is 39.3 Å². The number of fused-ring (bicyclic) bond motifs is 3. The summed E-state index contributed by atoms with van der Waals surface area (Å²) in [5, 5.41) is 9.36. The largest absolute Gasteiger partial charge is 0.459 e. The first-order valence-corrected chi connectivity index (χ1v) is 9.88. The van der Waals surface area contributed by atoms with Crippen molar-refractivity contribution in [1.29, 1.82) is 5.26 Å². The monoisotopic (exact) mass is 415 g/mol. The van der Waals surface area contributed by atoms with Crippen LogP contribution in [0.4, 0.5) is 0 Å². The van der Waals surface area contributed by atoms with E-state index in [1.807, 2.05) is 24.3 Å². The molecule has 160 valence electrons. The highest BCUT2D eigenvalue weighted by molar-refractivity contribution is 5.97. The second kappa shape index (κ2) is 7.76. The van der Waals surface area contributed by atoms with Crippen molar-refractivity contribution in [1.82, 2.24) is 0 Å². The predicted octanol–water partition coefficient (Wildman–Crippen LogP) is 2.53. The van der Waals surface area contributed by atoms with Crippen LogP contribution in [0.3, 0.4) is 0 Å². The number of carbonyl (C=O) groups is 1. The zero-order valence-electron chi connectivity index (χ0n) is 17.4. The molecule has 4 rings (SSSR count). The van der Waals surface area contributed by atoms with Crippen molar-refractivity contribution in [3.8, 4) is 6.07 Å². The zero-order valence-corrected chi connectivity index (χ0v) is 17.4. The molecule has 0 spiro atoms. The van der Waals surface area contributed by atoms with Gasteiger partial charge in [-0.25, -0.2) is 4.79 Å². The number of carbonyl (C=O) groups excluding carboxylic acids is 1. The van der Waals surface area contributed by atoms with Gasteiger partial charge in [-0.1, -0.05) is 30.3 Å². The van der Waals surface area contributed by atoms with E-state index in [0.29, 0.717) is 0 Å². The molecular formula is C22H25NO7. The molecule has 0 aromatic heterocycles. The van der Waals surface area contributed by atoms with E-state index in [1.165, 1.54) is 6.08 Å². The Balaban J connectivity index is 1.47. The second-order valence-electron chi connectivity index (χ2n) is 8.39. The SMILES string of the molecule is CC1(C)O[C@H]2[C@@H](O1)[C@@H](COC(=O)/C(C#N)=C/c1ccccc1)O[C@@H]1OC(C)(C)O[C@@H]12. The number of ether oxygens (including phenoxy) is 6. The maximum Gasteiger partial charge on any atom is 0.348 e. The van der Waals surface area contributed by atoms with E-state index in [-0.39, 0.29) is 12.2 Å². The first-order chi connectivity index (χ1) is 14.2. The number of benzene rings is 1. The van der Waals surface area contributed by atoms with E-state index in [1.54, 1.807) is 39.8 Å². The molecule has 3 heterocycles. The molecule has 1 aromatic rings. The molecule has 3 fully saturated rings. The third-order valence-electron chi connectivity index (χ3n) is 5.08. The Morgan fingerprint density at radius 1 is 1.03 bits per heavy atom. The standard InChI is InChI=1S/C22H25NO7/c1-21(2)27-16-15(26-20-18(17(16)28-21)29-22(3,4)30-20)12-25-19(24)14(11-23)10-13-8-6-5-7-9-13/h5-10,15-18,20H,12H2,1-4H3/b14-10+/t15-,16+,17+,18-,20-/m1/s1. The zero-order chi connectivity index (χ0) is 21.5. The molecule has 0 aliphatic carbocycles. The molecule has 5 atom stereocenters. The summed E-state index contributed by atoms with van der Waals surface area (Å²) < 4.78 is 35.2. The molecule has 0 unspecified atom stereocenters. The highest BCUT2D eigenvalue weighted by Crippen LogP contribution is 2.44. The van der Waals surface area contributed by atoms with Crippen molar-refractivity contribution in [2.45, 2.75) is 70.0 Å². The third-order valence-corrected chi connectivity index (χ3v) is 5.08. The van der Waals surface area contributed by atoms with E-state index in [4.69, 9.17) is 28.4 Å². The van der Waals surface area contributed by atoms with Gasteiger partial charge >= 0.3 is 5.97 Å². The molecule has 8 heteroatoms. The van der Waals surface area contributed by atoms with Gasteiger partial charge in [-0.2, -0.15) is 5.26 Å². The molecule has 0 amide bonds. The van der Waals surface area contributed by atoms with Crippen LogP contribution in [-0.4, -0.2) is 54.9 Å². The number of nitriles is 1. The van der Waals surface area contributed by atoms with Crippen molar-refractivity contribution in [3.05, 3.63) is 41.5 Å². The third kappa shape index (κ3) is 4.26. The summed E-state index contributed by atoms with van der Waals surface area (Å²) in [5.74, 6) is -2.39. The normalized spacial score (nSPS) is 34.0. The molecule has 3 aliphatic heterocycles. The van der Waals surface area contributed by atoms with Crippen LogP contribution in [0, 0.1) is 11.3 Å².